The minimum absolute atomic E-state index is 0.0510. The number of carbonyl (C=O) groups excluding carboxylic acids is 2. The molecule has 0 aromatic carbocycles. The van der Waals surface area contributed by atoms with Crippen LogP contribution in [0.15, 0.2) is 41.7 Å². The second kappa shape index (κ2) is 4.79. The van der Waals surface area contributed by atoms with Crippen LogP contribution in [0.5, 0.6) is 0 Å². The highest BCUT2D eigenvalue weighted by atomic mass is 35.5. The molecule has 0 aliphatic heterocycles. The molecule has 0 bridgehead atoms. The molecule has 3 rings (SSSR count). The molecule has 2 N–H and O–H groups in total. The zero-order valence-corrected chi connectivity index (χ0v) is 11.8. The first kappa shape index (κ1) is 13.5. The lowest BCUT2D eigenvalue weighted by Gasteiger charge is -2.16. The van der Waals surface area contributed by atoms with Crippen LogP contribution in [0.25, 0.3) is 11.3 Å². The molecule has 0 atom stereocenters. The Labute approximate surface area is 125 Å². The zero-order valence-electron chi connectivity index (χ0n) is 11.1. The molecular formula is C15H10ClN3O2. The Kier molecular flexibility index (Phi) is 3.07. The minimum atomic E-state index is -0.427. The lowest BCUT2D eigenvalue weighted by atomic mass is 9.91. The highest BCUT2D eigenvalue weighted by molar-refractivity contribution is 6.29. The van der Waals surface area contributed by atoms with E-state index in [9.17, 15) is 9.59 Å². The van der Waals surface area contributed by atoms with Crippen molar-refractivity contribution >= 4 is 23.2 Å². The van der Waals surface area contributed by atoms with E-state index in [1.165, 1.54) is 6.92 Å². The maximum Gasteiger partial charge on any atom is 0.228 e. The van der Waals surface area contributed by atoms with Crippen LogP contribution in [-0.2, 0) is 0 Å². The number of aromatic nitrogens is 2. The summed E-state index contributed by atoms with van der Waals surface area (Å²) >= 11 is 5.84. The van der Waals surface area contributed by atoms with Gasteiger partial charge >= 0.3 is 0 Å². The van der Waals surface area contributed by atoms with Crippen LogP contribution in [0, 0.1) is 0 Å². The van der Waals surface area contributed by atoms with Gasteiger partial charge in [0.15, 0.2) is 5.78 Å². The number of allylic oxidation sites excluding steroid dienone is 2. The maximum atomic E-state index is 12.2. The second-order valence-corrected chi connectivity index (χ2v) is 5.04. The first-order chi connectivity index (χ1) is 9.99. The number of nitrogens with zero attached hydrogens (tertiary/aromatic N) is 2. The summed E-state index contributed by atoms with van der Waals surface area (Å²) in [5.41, 5.74) is 7.48. The molecule has 2 aromatic rings. The van der Waals surface area contributed by atoms with Crippen LogP contribution < -0.4 is 5.73 Å². The Morgan fingerprint density at radius 3 is 2.62 bits per heavy atom. The average molecular weight is 300 g/mol. The Hall–Kier alpha value is -2.53. The number of halogens is 1. The van der Waals surface area contributed by atoms with Crippen molar-refractivity contribution in [1.29, 1.82) is 0 Å². The van der Waals surface area contributed by atoms with Crippen molar-refractivity contribution in [3.63, 3.8) is 0 Å². The smallest absolute Gasteiger partial charge is 0.228 e. The van der Waals surface area contributed by atoms with Crippen LogP contribution in [0.1, 0.15) is 27.8 Å². The van der Waals surface area contributed by atoms with Gasteiger partial charge in [-0.1, -0.05) is 11.6 Å². The van der Waals surface area contributed by atoms with Crippen molar-refractivity contribution in [3.05, 3.63) is 58.1 Å². The SMILES string of the molecule is CC1=C(N)C(=O)c2nc(-c3ccnc(Cl)c3)ccc2C1=O. The third-order valence-corrected chi connectivity index (χ3v) is 3.57. The van der Waals surface area contributed by atoms with Crippen LogP contribution in [0.3, 0.4) is 0 Å². The van der Waals surface area contributed by atoms with E-state index in [1.54, 1.807) is 30.5 Å². The molecule has 5 nitrogen and oxygen atoms in total. The Morgan fingerprint density at radius 1 is 1.14 bits per heavy atom. The highest BCUT2D eigenvalue weighted by Gasteiger charge is 2.30. The van der Waals surface area contributed by atoms with E-state index in [0.717, 1.165) is 0 Å². The summed E-state index contributed by atoms with van der Waals surface area (Å²) < 4.78 is 0. The monoisotopic (exact) mass is 299 g/mol. The van der Waals surface area contributed by atoms with E-state index in [0.29, 0.717) is 16.4 Å². The lowest BCUT2D eigenvalue weighted by molar-refractivity contribution is 0.0970. The Balaban J connectivity index is 2.17. The van der Waals surface area contributed by atoms with Gasteiger partial charge in [0.2, 0.25) is 5.78 Å². The topological polar surface area (TPSA) is 85.9 Å². The number of fused-ring (bicyclic) bond motifs is 1. The number of ketones is 2. The summed E-state index contributed by atoms with van der Waals surface area (Å²) in [6.07, 6.45) is 1.55. The number of nitrogens with two attached hydrogens (primary N) is 1. The number of Topliss-reactive ketones (excluding diaryl/α,β-unsaturated/α-hetero) is 2. The molecule has 21 heavy (non-hydrogen) atoms. The van der Waals surface area contributed by atoms with Gasteiger partial charge in [-0.05, 0) is 31.2 Å². The van der Waals surface area contributed by atoms with Crippen LogP contribution in [0.2, 0.25) is 5.15 Å². The highest BCUT2D eigenvalue weighted by Crippen LogP contribution is 2.26. The number of carbonyl (C=O) groups is 2. The van der Waals surface area contributed by atoms with E-state index in [1.807, 2.05) is 0 Å². The Bertz CT molecular complexity index is 827. The van der Waals surface area contributed by atoms with Gasteiger partial charge in [0, 0.05) is 17.3 Å². The molecular weight excluding hydrogens is 290 g/mol. The van der Waals surface area contributed by atoms with Gasteiger partial charge in [-0.15, -0.1) is 0 Å². The summed E-state index contributed by atoms with van der Waals surface area (Å²) in [7, 11) is 0. The van der Waals surface area contributed by atoms with E-state index < -0.39 is 5.78 Å². The van der Waals surface area contributed by atoms with Gasteiger partial charge in [-0.25, -0.2) is 9.97 Å². The van der Waals surface area contributed by atoms with Crippen molar-refractivity contribution in [2.24, 2.45) is 5.73 Å². The van der Waals surface area contributed by atoms with Gasteiger partial charge in [-0.2, -0.15) is 0 Å². The maximum absolute atomic E-state index is 12.2. The molecule has 0 radical (unpaired) electrons. The summed E-state index contributed by atoms with van der Waals surface area (Å²) in [4.78, 5) is 32.5. The van der Waals surface area contributed by atoms with Crippen molar-refractivity contribution in [3.8, 4) is 11.3 Å². The van der Waals surface area contributed by atoms with E-state index >= 15 is 0 Å². The molecule has 0 fully saturated rings. The molecule has 0 amide bonds. The second-order valence-electron chi connectivity index (χ2n) is 4.66. The van der Waals surface area contributed by atoms with Crippen molar-refractivity contribution < 1.29 is 9.59 Å². The van der Waals surface area contributed by atoms with E-state index in [4.69, 9.17) is 17.3 Å². The molecule has 2 aromatic heterocycles. The van der Waals surface area contributed by atoms with Gasteiger partial charge in [0.25, 0.3) is 0 Å². The number of rotatable bonds is 1. The van der Waals surface area contributed by atoms with Gasteiger partial charge in [0.05, 0.1) is 17.0 Å². The summed E-state index contributed by atoms with van der Waals surface area (Å²) in [5.74, 6) is -0.696. The first-order valence-electron chi connectivity index (χ1n) is 6.17. The molecule has 6 heteroatoms. The number of hydrogen-bond donors (Lipinski definition) is 1. The fourth-order valence-corrected chi connectivity index (χ4v) is 2.33. The fourth-order valence-electron chi connectivity index (χ4n) is 2.16. The zero-order chi connectivity index (χ0) is 15.1. The van der Waals surface area contributed by atoms with Gasteiger partial charge in [0.1, 0.15) is 10.8 Å². The summed E-state index contributed by atoms with van der Waals surface area (Å²) in [6, 6.07) is 6.61. The average Bonchev–Trinajstić information content (AvgIpc) is 2.50. The minimum Gasteiger partial charge on any atom is -0.395 e. The van der Waals surface area contributed by atoms with Crippen LogP contribution in [0.4, 0.5) is 0 Å². The summed E-state index contributed by atoms with van der Waals surface area (Å²) in [6.45, 7) is 1.54. The normalized spacial score (nSPS) is 14.4. The third-order valence-electron chi connectivity index (χ3n) is 3.37. The largest absolute Gasteiger partial charge is 0.395 e. The lowest BCUT2D eigenvalue weighted by Crippen LogP contribution is -2.26. The molecule has 104 valence electrons. The van der Waals surface area contributed by atoms with Crippen LogP contribution in [-0.4, -0.2) is 21.5 Å². The fraction of sp³-hybridized carbons (Fsp3) is 0.0667. The predicted molar refractivity (Wildman–Crippen MR) is 78.0 cm³/mol. The van der Waals surface area contributed by atoms with Crippen molar-refractivity contribution in [2.45, 2.75) is 6.92 Å². The quantitative estimate of drug-likeness (QED) is 0.817. The van der Waals surface area contributed by atoms with Crippen molar-refractivity contribution in [2.75, 3.05) is 0 Å². The predicted octanol–water partition coefficient (Wildman–Crippen LogP) is 2.41. The van der Waals surface area contributed by atoms with Gasteiger partial charge < -0.3 is 5.73 Å². The third kappa shape index (κ3) is 2.11. The molecule has 0 spiro atoms. The standard InChI is InChI=1S/C15H10ClN3O2/c1-7-12(17)15(21)13-9(14(7)20)2-3-10(19-13)8-4-5-18-11(16)6-8/h2-6H,17H2,1H3. The van der Waals surface area contributed by atoms with Crippen molar-refractivity contribution in [1.82, 2.24) is 9.97 Å². The molecule has 2 heterocycles. The molecule has 0 saturated heterocycles. The van der Waals surface area contributed by atoms with E-state index in [2.05, 4.69) is 9.97 Å². The molecule has 1 aliphatic rings. The van der Waals surface area contributed by atoms with Crippen LogP contribution >= 0.6 is 11.6 Å². The Morgan fingerprint density at radius 2 is 1.90 bits per heavy atom. The first-order valence-corrected chi connectivity index (χ1v) is 6.55. The molecule has 0 unspecified atom stereocenters. The number of hydrogen-bond acceptors (Lipinski definition) is 5. The van der Waals surface area contributed by atoms with Gasteiger partial charge in [-0.3, -0.25) is 9.59 Å². The molecule has 1 aliphatic carbocycles. The number of pyridine rings is 2. The van der Waals surface area contributed by atoms with E-state index in [-0.39, 0.29) is 28.3 Å². The summed E-state index contributed by atoms with van der Waals surface area (Å²) in [5, 5.41) is 0.324. The molecule has 0 saturated carbocycles.